The molecule has 13 heteroatoms. The van der Waals surface area contributed by atoms with Gasteiger partial charge in [-0.2, -0.15) is 0 Å². The molecular formula is C32H41ClO12. The lowest BCUT2D eigenvalue weighted by Crippen LogP contribution is -2.60. The van der Waals surface area contributed by atoms with Gasteiger partial charge in [-0.1, -0.05) is 35.9 Å². The van der Waals surface area contributed by atoms with Crippen molar-refractivity contribution in [3.05, 3.63) is 58.1 Å². The third-order valence-electron chi connectivity index (χ3n) is 6.88. The van der Waals surface area contributed by atoms with Crippen molar-refractivity contribution >= 4 is 29.3 Å². The van der Waals surface area contributed by atoms with E-state index in [4.69, 9.17) is 40.0 Å². The number of ether oxygens (including phenoxy) is 6. The number of hydrogen-bond donors (Lipinski definition) is 3. The number of halogens is 1. The Morgan fingerprint density at radius 1 is 0.956 bits per heavy atom. The zero-order valence-corrected chi connectivity index (χ0v) is 26.7. The highest BCUT2D eigenvalue weighted by Gasteiger charge is 2.47. The molecule has 0 spiro atoms. The maximum atomic E-state index is 13.1. The van der Waals surface area contributed by atoms with E-state index in [1.807, 2.05) is 24.3 Å². The summed E-state index contributed by atoms with van der Waals surface area (Å²) in [5.41, 5.74) is 1.04. The Morgan fingerprint density at radius 2 is 1.67 bits per heavy atom. The van der Waals surface area contributed by atoms with Crippen molar-refractivity contribution in [3.63, 3.8) is 0 Å². The van der Waals surface area contributed by atoms with Gasteiger partial charge in [-0.25, -0.2) is 4.79 Å². The lowest BCUT2D eigenvalue weighted by atomic mass is 9.99. The highest BCUT2D eigenvalue weighted by atomic mass is 35.5. The molecule has 248 valence electrons. The van der Waals surface area contributed by atoms with Crippen molar-refractivity contribution in [1.82, 2.24) is 0 Å². The van der Waals surface area contributed by atoms with Gasteiger partial charge in [-0.3, -0.25) is 9.59 Å². The molecule has 0 radical (unpaired) electrons. The number of ketones is 1. The number of benzene rings is 2. The fraction of sp³-hybridized carbons (Fsp3) is 0.531. The molecule has 0 unspecified atom stereocenters. The standard InChI is InChI=1S/C32H41ClO12/c1-32(2,3)45-26(36)12-11-20(35)10-9-18-7-6-8-19(13-18)17-42-24-15-23(40-4)21(14-22(24)33)30(39)44-29-27(37)25(16-34)43-31(41-5)28(29)38/h6-8,13-15,25,27-29,31,34,37-38H,9-12,16-17H2,1-5H3/t25-,27-,28-,29+,31+/m1/s1. The predicted octanol–water partition coefficient (Wildman–Crippen LogP) is 3.16. The molecule has 5 atom stereocenters. The van der Waals surface area contributed by atoms with Gasteiger partial charge in [0.05, 0.1) is 25.2 Å². The first-order chi connectivity index (χ1) is 21.3. The molecule has 12 nitrogen and oxygen atoms in total. The Hall–Kier alpha value is -3.26. The van der Waals surface area contributed by atoms with Crippen LogP contribution in [0, 0.1) is 0 Å². The third kappa shape index (κ3) is 10.4. The molecule has 3 rings (SSSR count). The summed E-state index contributed by atoms with van der Waals surface area (Å²) in [6.45, 7) is 4.86. The summed E-state index contributed by atoms with van der Waals surface area (Å²) < 4.78 is 32.2. The van der Waals surface area contributed by atoms with Gasteiger partial charge in [0.2, 0.25) is 0 Å². The lowest BCUT2D eigenvalue weighted by Gasteiger charge is -2.40. The minimum atomic E-state index is -1.54. The number of carbonyl (C=O) groups is 3. The van der Waals surface area contributed by atoms with Crippen molar-refractivity contribution in [2.24, 2.45) is 0 Å². The van der Waals surface area contributed by atoms with E-state index in [9.17, 15) is 29.7 Å². The van der Waals surface area contributed by atoms with E-state index in [1.165, 1.54) is 26.4 Å². The summed E-state index contributed by atoms with van der Waals surface area (Å²) in [4.78, 5) is 37.3. The molecule has 1 heterocycles. The molecule has 0 aliphatic carbocycles. The van der Waals surface area contributed by atoms with Gasteiger partial charge in [0, 0.05) is 26.0 Å². The Kier molecular flexibility index (Phi) is 13.2. The predicted molar refractivity (Wildman–Crippen MR) is 161 cm³/mol. The van der Waals surface area contributed by atoms with Crippen LogP contribution in [0.25, 0.3) is 0 Å². The van der Waals surface area contributed by atoms with Crippen molar-refractivity contribution in [2.75, 3.05) is 20.8 Å². The van der Waals surface area contributed by atoms with Gasteiger partial charge in [0.1, 0.15) is 53.4 Å². The Balaban J connectivity index is 1.61. The quantitative estimate of drug-likeness (QED) is 0.256. The zero-order valence-electron chi connectivity index (χ0n) is 26.0. The molecule has 1 aliphatic rings. The fourth-order valence-corrected chi connectivity index (χ4v) is 4.85. The topological polar surface area (TPSA) is 167 Å². The number of esters is 2. The van der Waals surface area contributed by atoms with E-state index >= 15 is 0 Å². The van der Waals surface area contributed by atoms with E-state index in [0.717, 1.165) is 11.1 Å². The van der Waals surface area contributed by atoms with E-state index < -0.39 is 54.9 Å². The molecule has 0 aromatic heterocycles. The monoisotopic (exact) mass is 652 g/mol. The Bertz CT molecular complexity index is 1310. The van der Waals surface area contributed by atoms with Crippen LogP contribution in [0.5, 0.6) is 11.5 Å². The second kappa shape index (κ2) is 16.3. The molecule has 1 aliphatic heterocycles. The molecule has 1 fully saturated rings. The minimum Gasteiger partial charge on any atom is -0.496 e. The maximum absolute atomic E-state index is 13.1. The van der Waals surface area contributed by atoms with Crippen molar-refractivity contribution in [2.45, 2.75) is 89.4 Å². The number of aliphatic hydroxyl groups is 3. The van der Waals surface area contributed by atoms with Gasteiger partial charge in [-0.05, 0) is 44.4 Å². The number of methoxy groups -OCH3 is 2. The maximum Gasteiger partial charge on any atom is 0.342 e. The van der Waals surface area contributed by atoms with Crippen LogP contribution in [-0.4, -0.2) is 90.2 Å². The van der Waals surface area contributed by atoms with Gasteiger partial charge in [0.15, 0.2) is 12.4 Å². The molecule has 0 saturated carbocycles. The average Bonchev–Trinajstić information content (AvgIpc) is 2.99. The van der Waals surface area contributed by atoms with Crippen LogP contribution < -0.4 is 9.47 Å². The highest BCUT2D eigenvalue weighted by molar-refractivity contribution is 6.32. The van der Waals surface area contributed by atoms with Crippen LogP contribution in [0.4, 0.5) is 0 Å². The fourth-order valence-electron chi connectivity index (χ4n) is 4.63. The minimum absolute atomic E-state index is 0.0347. The van der Waals surface area contributed by atoms with Crippen molar-refractivity contribution in [3.8, 4) is 11.5 Å². The smallest absolute Gasteiger partial charge is 0.342 e. The molecule has 3 N–H and O–H groups in total. The summed E-state index contributed by atoms with van der Waals surface area (Å²) in [7, 11) is 2.60. The van der Waals surface area contributed by atoms with Gasteiger partial charge >= 0.3 is 11.9 Å². The van der Waals surface area contributed by atoms with E-state index in [-0.39, 0.29) is 53.7 Å². The number of hydrogen-bond acceptors (Lipinski definition) is 12. The number of aryl methyl sites for hydroxylation is 1. The summed E-state index contributed by atoms with van der Waals surface area (Å²) in [6.07, 6.45) is -6.00. The lowest BCUT2D eigenvalue weighted by molar-refractivity contribution is -0.293. The van der Waals surface area contributed by atoms with Crippen LogP contribution in [0.15, 0.2) is 36.4 Å². The zero-order chi connectivity index (χ0) is 33.3. The molecule has 2 aromatic rings. The largest absolute Gasteiger partial charge is 0.496 e. The summed E-state index contributed by atoms with van der Waals surface area (Å²) >= 11 is 6.43. The van der Waals surface area contributed by atoms with Crippen molar-refractivity contribution in [1.29, 1.82) is 0 Å². The van der Waals surface area contributed by atoms with E-state index in [2.05, 4.69) is 0 Å². The molecule has 45 heavy (non-hydrogen) atoms. The summed E-state index contributed by atoms with van der Waals surface area (Å²) in [6, 6.07) is 10.2. The number of aliphatic hydroxyl groups excluding tert-OH is 3. The van der Waals surface area contributed by atoms with E-state index in [0.29, 0.717) is 6.42 Å². The van der Waals surface area contributed by atoms with Gasteiger partial charge in [-0.15, -0.1) is 0 Å². The third-order valence-corrected chi connectivity index (χ3v) is 7.17. The number of carbonyl (C=O) groups excluding carboxylic acids is 3. The second-order valence-corrected chi connectivity index (χ2v) is 11.9. The number of rotatable bonds is 14. The second-order valence-electron chi connectivity index (χ2n) is 11.5. The molecule has 0 bridgehead atoms. The van der Waals surface area contributed by atoms with Crippen LogP contribution in [0.2, 0.25) is 5.02 Å². The van der Waals surface area contributed by atoms with Crippen LogP contribution >= 0.6 is 11.6 Å². The number of Topliss-reactive ketones (excluding diaryl/α,β-unsaturated/α-hetero) is 1. The highest BCUT2D eigenvalue weighted by Crippen LogP contribution is 2.35. The molecular weight excluding hydrogens is 612 g/mol. The first-order valence-electron chi connectivity index (χ1n) is 14.4. The normalized spacial score (nSPS) is 21.6. The summed E-state index contributed by atoms with van der Waals surface area (Å²) in [5, 5.41) is 30.5. The van der Waals surface area contributed by atoms with Crippen molar-refractivity contribution < 1.29 is 58.1 Å². The van der Waals surface area contributed by atoms with Gasteiger partial charge < -0.3 is 43.7 Å². The first-order valence-corrected chi connectivity index (χ1v) is 14.8. The molecule has 0 amide bonds. The van der Waals surface area contributed by atoms with Crippen LogP contribution in [0.3, 0.4) is 0 Å². The van der Waals surface area contributed by atoms with E-state index in [1.54, 1.807) is 20.8 Å². The average molecular weight is 653 g/mol. The summed E-state index contributed by atoms with van der Waals surface area (Å²) in [5.74, 6) is -1.10. The Morgan fingerprint density at radius 3 is 2.31 bits per heavy atom. The SMILES string of the molecule is COc1cc(OCc2cccc(CCC(=O)CCC(=O)OC(C)(C)C)c2)c(Cl)cc1C(=O)O[C@@H]1[C@@H](O)[C@@H](OC)O[C@H](CO)[C@H]1O. The molecule has 1 saturated heterocycles. The van der Waals surface area contributed by atoms with Gasteiger partial charge in [0.25, 0.3) is 0 Å². The van der Waals surface area contributed by atoms with Crippen LogP contribution in [-0.2, 0) is 41.6 Å². The first kappa shape index (κ1) is 36.2. The van der Waals surface area contributed by atoms with Crippen LogP contribution in [0.1, 0.15) is 61.5 Å². The Labute approximate surface area is 267 Å². The molecule has 2 aromatic carbocycles.